The van der Waals surface area contributed by atoms with Crippen molar-refractivity contribution < 1.29 is 0 Å². The molecule has 17 heavy (non-hydrogen) atoms. The van der Waals surface area contributed by atoms with Crippen LogP contribution in [0.25, 0.3) is 0 Å². The van der Waals surface area contributed by atoms with Gasteiger partial charge in [0.25, 0.3) is 0 Å². The predicted molar refractivity (Wildman–Crippen MR) is 72.6 cm³/mol. The van der Waals surface area contributed by atoms with Crippen LogP contribution < -0.4 is 0 Å². The highest BCUT2D eigenvalue weighted by atomic mass is 35.5. The topological polar surface area (TPSA) is 3.24 Å². The van der Waals surface area contributed by atoms with E-state index in [9.17, 15) is 0 Å². The molecule has 1 nitrogen and oxygen atoms in total. The van der Waals surface area contributed by atoms with Gasteiger partial charge in [0.2, 0.25) is 0 Å². The average Bonchev–Trinajstić information content (AvgIpc) is 3.04. The fourth-order valence-corrected chi connectivity index (χ4v) is 3.27. The highest BCUT2D eigenvalue weighted by Crippen LogP contribution is 2.38. The second-order valence-corrected chi connectivity index (χ2v) is 6.07. The molecule has 0 aromatic heterocycles. The molecule has 0 radical (unpaired) electrons. The lowest BCUT2D eigenvalue weighted by Gasteiger charge is -2.24. The van der Waals surface area contributed by atoms with E-state index in [0.717, 1.165) is 10.9 Å². The van der Waals surface area contributed by atoms with Gasteiger partial charge in [-0.3, -0.25) is 4.90 Å². The maximum absolute atomic E-state index is 6.09. The Labute approximate surface area is 109 Å². The molecule has 2 aliphatic rings. The van der Waals surface area contributed by atoms with Crippen LogP contribution in [0.1, 0.15) is 37.7 Å². The fraction of sp³-hybridized carbons (Fsp3) is 0.600. The number of nitrogens with zero attached hydrogens (tertiary/aromatic N) is 1. The Bertz CT molecular complexity index is 400. The summed E-state index contributed by atoms with van der Waals surface area (Å²) in [4.78, 5) is 2.67. The minimum Gasteiger partial charge on any atom is -0.300 e. The number of benzene rings is 1. The first-order valence-corrected chi connectivity index (χ1v) is 7.11. The summed E-state index contributed by atoms with van der Waals surface area (Å²) in [5.41, 5.74) is 1.42. The number of halogens is 1. The summed E-state index contributed by atoms with van der Waals surface area (Å²) >= 11 is 6.09. The average molecular weight is 250 g/mol. The second kappa shape index (κ2) is 4.62. The molecule has 1 aliphatic carbocycles. The van der Waals surface area contributed by atoms with Crippen LogP contribution in [-0.2, 0) is 0 Å². The van der Waals surface area contributed by atoms with Crippen LogP contribution in [0, 0.1) is 5.92 Å². The zero-order valence-electron chi connectivity index (χ0n) is 10.4. The molecule has 0 bridgehead atoms. The molecule has 92 valence electrons. The van der Waals surface area contributed by atoms with Gasteiger partial charge in [-0.2, -0.15) is 0 Å². The third-order valence-electron chi connectivity index (χ3n) is 4.35. The van der Waals surface area contributed by atoms with Crippen molar-refractivity contribution in [3.05, 3.63) is 34.9 Å². The van der Waals surface area contributed by atoms with Crippen LogP contribution in [-0.4, -0.2) is 24.0 Å². The number of hydrogen-bond donors (Lipinski definition) is 0. The van der Waals surface area contributed by atoms with Crippen molar-refractivity contribution in [2.24, 2.45) is 5.92 Å². The molecule has 0 amide bonds. The Morgan fingerprint density at radius 3 is 2.82 bits per heavy atom. The quantitative estimate of drug-likeness (QED) is 0.785. The highest BCUT2D eigenvalue weighted by molar-refractivity contribution is 6.30. The molecule has 1 aromatic rings. The summed E-state index contributed by atoms with van der Waals surface area (Å²) in [6.45, 7) is 4.95. The van der Waals surface area contributed by atoms with Gasteiger partial charge in [-0.1, -0.05) is 23.7 Å². The van der Waals surface area contributed by atoms with Crippen LogP contribution in [0.3, 0.4) is 0 Å². The minimum atomic E-state index is 0.674. The van der Waals surface area contributed by atoms with Gasteiger partial charge in [-0.25, -0.2) is 0 Å². The Morgan fingerprint density at radius 1 is 1.29 bits per heavy atom. The van der Waals surface area contributed by atoms with Gasteiger partial charge in [-0.05, 0) is 56.3 Å². The van der Waals surface area contributed by atoms with Crippen molar-refractivity contribution in [1.29, 1.82) is 0 Å². The molecule has 0 N–H and O–H groups in total. The molecule has 2 heteroatoms. The zero-order chi connectivity index (χ0) is 11.8. The molecule has 2 unspecified atom stereocenters. The lowest BCUT2D eigenvalue weighted by molar-refractivity contribution is 0.249. The van der Waals surface area contributed by atoms with Gasteiger partial charge < -0.3 is 0 Å². The van der Waals surface area contributed by atoms with Crippen molar-refractivity contribution in [3.8, 4) is 0 Å². The monoisotopic (exact) mass is 249 g/mol. The van der Waals surface area contributed by atoms with Gasteiger partial charge >= 0.3 is 0 Å². The Balaban J connectivity index is 1.71. The summed E-state index contributed by atoms with van der Waals surface area (Å²) in [6.07, 6.45) is 4.18. The van der Waals surface area contributed by atoms with Crippen LogP contribution in [0.5, 0.6) is 0 Å². The van der Waals surface area contributed by atoms with Gasteiger partial charge in [0.15, 0.2) is 0 Å². The summed E-state index contributed by atoms with van der Waals surface area (Å²) < 4.78 is 0. The van der Waals surface area contributed by atoms with E-state index in [1.165, 1.54) is 37.9 Å². The summed E-state index contributed by atoms with van der Waals surface area (Å²) in [5.74, 6) is 1.67. The van der Waals surface area contributed by atoms with Crippen molar-refractivity contribution in [2.75, 3.05) is 13.1 Å². The van der Waals surface area contributed by atoms with E-state index in [4.69, 9.17) is 11.6 Å². The highest BCUT2D eigenvalue weighted by Gasteiger charge is 2.35. The van der Waals surface area contributed by atoms with E-state index in [1.54, 1.807) is 0 Å². The smallest absolute Gasteiger partial charge is 0.0408 e. The summed E-state index contributed by atoms with van der Waals surface area (Å²) in [5, 5.41) is 0.871. The molecule has 2 fully saturated rings. The largest absolute Gasteiger partial charge is 0.300 e. The van der Waals surface area contributed by atoms with Crippen LogP contribution in [0.15, 0.2) is 24.3 Å². The Kier molecular flexibility index (Phi) is 3.14. The second-order valence-electron chi connectivity index (χ2n) is 5.63. The van der Waals surface area contributed by atoms with E-state index < -0.39 is 0 Å². The standard InChI is InChI=1S/C15H20ClN/c1-11-15(13-3-2-4-14(16)9-13)7-8-17(11)10-12-5-6-12/h2-4,9,11-12,15H,5-8,10H2,1H3. The lowest BCUT2D eigenvalue weighted by Crippen LogP contribution is -2.31. The van der Waals surface area contributed by atoms with Gasteiger partial charge in [-0.15, -0.1) is 0 Å². The van der Waals surface area contributed by atoms with Crippen molar-refractivity contribution in [3.63, 3.8) is 0 Å². The first-order valence-electron chi connectivity index (χ1n) is 6.73. The molecule has 0 spiro atoms. The molecule has 1 heterocycles. The lowest BCUT2D eigenvalue weighted by atomic mass is 9.93. The third-order valence-corrected chi connectivity index (χ3v) is 4.59. The molecule has 1 saturated heterocycles. The van der Waals surface area contributed by atoms with Crippen LogP contribution >= 0.6 is 11.6 Å². The Hall–Kier alpha value is -0.530. The van der Waals surface area contributed by atoms with E-state index in [0.29, 0.717) is 12.0 Å². The third kappa shape index (κ3) is 2.51. The molecule has 1 saturated carbocycles. The number of likely N-dealkylation sites (tertiary alicyclic amines) is 1. The van der Waals surface area contributed by atoms with Gasteiger partial charge in [0.05, 0.1) is 0 Å². The minimum absolute atomic E-state index is 0.674. The number of hydrogen-bond acceptors (Lipinski definition) is 1. The van der Waals surface area contributed by atoms with Crippen LogP contribution in [0.2, 0.25) is 5.02 Å². The van der Waals surface area contributed by atoms with E-state index in [2.05, 4.69) is 30.0 Å². The zero-order valence-corrected chi connectivity index (χ0v) is 11.2. The predicted octanol–water partition coefficient (Wildman–Crippen LogP) is 3.93. The maximum Gasteiger partial charge on any atom is 0.0408 e. The van der Waals surface area contributed by atoms with Gasteiger partial charge in [0, 0.05) is 23.5 Å². The van der Waals surface area contributed by atoms with Gasteiger partial charge in [0.1, 0.15) is 0 Å². The van der Waals surface area contributed by atoms with E-state index >= 15 is 0 Å². The van der Waals surface area contributed by atoms with E-state index in [1.807, 2.05) is 6.07 Å². The van der Waals surface area contributed by atoms with Crippen molar-refractivity contribution in [1.82, 2.24) is 4.90 Å². The molecule has 2 atom stereocenters. The number of rotatable bonds is 3. The van der Waals surface area contributed by atoms with Crippen LogP contribution in [0.4, 0.5) is 0 Å². The van der Waals surface area contributed by atoms with Crippen molar-refractivity contribution >= 4 is 11.6 Å². The summed E-state index contributed by atoms with van der Waals surface area (Å²) in [7, 11) is 0. The molecular formula is C15H20ClN. The maximum atomic E-state index is 6.09. The summed E-state index contributed by atoms with van der Waals surface area (Å²) in [6, 6.07) is 9.09. The Morgan fingerprint density at radius 2 is 2.12 bits per heavy atom. The normalized spacial score (nSPS) is 29.8. The fourth-order valence-electron chi connectivity index (χ4n) is 3.08. The molecular weight excluding hydrogens is 230 g/mol. The van der Waals surface area contributed by atoms with Crippen molar-refractivity contribution in [2.45, 2.75) is 38.1 Å². The first-order chi connectivity index (χ1) is 8.24. The SMILES string of the molecule is CC1C(c2cccc(Cl)c2)CCN1CC1CC1. The molecule has 1 aromatic carbocycles. The first kappa shape index (κ1) is 11.6. The molecule has 1 aliphatic heterocycles. The van der Waals surface area contributed by atoms with E-state index in [-0.39, 0.29) is 0 Å². The molecule has 3 rings (SSSR count).